The largest absolute Gasteiger partial charge is 0.490 e. The Labute approximate surface area is 191 Å². The van der Waals surface area contributed by atoms with Gasteiger partial charge in [0.05, 0.1) is 18.1 Å². The molecule has 2 atom stereocenters. The van der Waals surface area contributed by atoms with Gasteiger partial charge in [0, 0.05) is 30.8 Å². The summed E-state index contributed by atoms with van der Waals surface area (Å²) in [6, 6.07) is 9.82. The van der Waals surface area contributed by atoms with Crippen LogP contribution in [0.15, 0.2) is 41.3 Å². The van der Waals surface area contributed by atoms with E-state index in [0.717, 1.165) is 6.42 Å². The van der Waals surface area contributed by atoms with Gasteiger partial charge in [-0.1, -0.05) is 0 Å². The highest BCUT2D eigenvalue weighted by Gasteiger charge is 2.70. The Balaban J connectivity index is 1.26. The van der Waals surface area contributed by atoms with Crippen molar-refractivity contribution < 1.29 is 32.2 Å². The molecule has 174 valence electrons. The molecule has 1 amide bonds. The number of anilines is 1. The molecule has 3 aliphatic heterocycles. The molecule has 1 N–H and O–H groups in total. The summed E-state index contributed by atoms with van der Waals surface area (Å²) in [5.74, 6) is 1.82. The Morgan fingerprint density at radius 2 is 1.58 bits per heavy atom. The molecular weight excluding hydrogens is 448 g/mol. The van der Waals surface area contributed by atoms with E-state index < -0.39 is 15.6 Å². The first-order chi connectivity index (χ1) is 16.0. The van der Waals surface area contributed by atoms with Crippen LogP contribution in [0.3, 0.4) is 0 Å². The molecule has 2 fully saturated rings. The van der Waals surface area contributed by atoms with Gasteiger partial charge >= 0.3 is 0 Å². The zero-order valence-corrected chi connectivity index (χ0v) is 18.7. The van der Waals surface area contributed by atoms with Crippen LogP contribution in [0, 0.1) is 5.92 Å². The highest BCUT2D eigenvalue weighted by Crippen LogP contribution is 2.58. The van der Waals surface area contributed by atoms with Crippen LogP contribution in [0.25, 0.3) is 0 Å². The summed E-state index contributed by atoms with van der Waals surface area (Å²) in [7, 11) is -3.90. The van der Waals surface area contributed by atoms with Crippen LogP contribution in [-0.4, -0.2) is 57.1 Å². The predicted molar refractivity (Wildman–Crippen MR) is 117 cm³/mol. The summed E-state index contributed by atoms with van der Waals surface area (Å²) in [6.45, 7) is 2.21. The highest BCUT2D eigenvalue weighted by molar-refractivity contribution is 7.89. The number of rotatable bonds is 4. The summed E-state index contributed by atoms with van der Waals surface area (Å²) >= 11 is 0. The van der Waals surface area contributed by atoms with Gasteiger partial charge in [0.2, 0.25) is 15.9 Å². The van der Waals surface area contributed by atoms with Crippen LogP contribution >= 0.6 is 0 Å². The monoisotopic (exact) mass is 472 g/mol. The first kappa shape index (κ1) is 20.6. The Hall–Kier alpha value is -2.98. The third-order valence-electron chi connectivity index (χ3n) is 6.70. The van der Waals surface area contributed by atoms with E-state index in [1.54, 1.807) is 24.3 Å². The van der Waals surface area contributed by atoms with Crippen LogP contribution in [0.2, 0.25) is 0 Å². The quantitative estimate of drug-likeness (QED) is 0.729. The molecule has 1 aliphatic carbocycles. The van der Waals surface area contributed by atoms with Crippen molar-refractivity contribution in [3.05, 3.63) is 36.4 Å². The summed E-state index contributed by atoms with van der Waals surface area (Å²) in [4.78, 5) is 13.5. The van der Waals surface area contributed by atoms with Crippen molar-refractivity contribution in [1.82, 2.24) is 4.31 Å². The molecule has 1 saturated carbocycles. The average molecular weight is 473 g/mol. The fraction of sp³-hybridized carbons (Fsp3) is 0.435. The topological polar surface area (TPSA) is 103 Å². The molecule has 9 nitrogen and oxygen atoms in total. The number of benzene rings is 2. The molecule has 0 aromatic heterocycles. The molecule has 0 spiro atoms. The lowest BCUT2D eigenvalue weighted by molar-refractivity contribution is -0.120. The number of hydrogen-bond donors (Lipinski definition) is 1. The fourth-order valence-corrected chi connectivity index (χ4v) is 6.79. The first-order valence-electron chi connectivity index (χ1n) is 11.1. The van der Waals surface area contributed by atoms with Crippen LogP contribution in [0.1, 0.15) is 19.3 Å². The lowest BCUT2D eigenvalue weighted by Gasteiger charge is -2.27. The number of piperidine rings is 1. The minimum atomic E-state index is -3.90. The fourth-order valence-electron chi connectivity index (χ4n) is 4.95. The maximum absolute atomic E-state index is 13.6. The van der Waals surface area contributed by atoms with Crippen molar-refractivity contribution in [1.29, 1.82) is 0 Å². The molecular formula is C23H24N2O7S. The summed E-state index contributed by atoms with van der Waals surface area (Å²) < 4.78 is 50.9. The number of hydrogen-bond acceptors (Lipinski definition) is 7. The number of carbonyl (C=O) groups is 1. The van der Waals surface area contributed by atoms with Crippen LogP contribution in [0.5, 0.6) is 23.0 Å². The number of nitrogens with zero attached hydrogens (tertiary/aromatic N) is 1. The van der Waals surface area contributed by atoms with Gasteiger partial charge in [0.15, 0.2) is 23.0 Å². The van der Waals surface area contributed by atoms with Gasteiger partial charge in [-0.05, 0) is 43.0 Å². The minimum Gasteiger partial charge on any atom is -0.490 e. The van der Waals surface area contributed by atoms with Crippen LogP contribution in [0.4, 0.5) is 5.69 Å². The van der Waals surface area contributed by atoms with Crippen molar-refractivity contribution in [2.24, 2.45) is 5.92 Å². The van der Waals surface area contributed by atoms with Crippen molar-refractivity contribution in [2.75, 3.05) is 38.3 Å². The first-order valence-corrected chi connectivity index (χ1v) is 12.6. The highest BCUT2D eigenvalue weighted by atomic mass is 32.2. The molecule has 0 bridgehead atoms. The molecule has 0 unspecified atom stereocenters. The smallest absolute Gasteiger partial charge is 0.246 e. The maximum Gasteiger partial charge on any atom is 0.246 e. The maximum atomic E-state index is 13.6. The average Bonchev–Trinajstić information content (AvgIpc) is 3.50. The lowest BCUT2D eigenvalue weighted by Crippen LogP contribution is -2.47. The van der Waals surface area contributed by atoms with E-state index in [-0.39, 0.29) is 16.7 Å². The Morgan fingerprint density at radius 1 is 0.909 bits per heavy atom. The van der Waals surface area contributed by atoms with Gasteiger partial charge in [-0.3, -0.25) is 4.79 Å². The molecule has 3 heterocycles. The molecule has 4 aliphatic rings. The molecule has 10 heteroatoms. The Morgan fingerprint density at radius 3 is 2.36 bits per heavy atom. The normalized spacial score (nSPS) is 25.6. The zero-order valence-electron chi connectivity index (χ0n) is 17.9. The summed E-state index contributed by atoms with van der Waals surface area (Å²) in [5, 5.41) is 2.91. The van der Waals surface area contributed by atoms with Crippen LogP contribution < -0.4 is 24.3 Å². The summed E-state index contributed by atoms with van der Waals surface area (Å²) in [6.07, 6.45) is 1.94. The molecule has 2 aromatic rings. The minimum absolute atomic E-state index is 0.00453. The van der Waals surface area contributed by atoms with E-state index in [4.69, 9.17) is 18.9 Å². The van der Waals surface area contributed by atoms with Gasteiger partial charge in [-0.2, -0.15) is 4.31 Å². The predicted octanol–water partition coefficient (Wildman–Crippen LogP) is 2.41. The number of amides is 1. The second-order valence-electron chi connectivity index (χ2n) is 8.66. The van der Waals surface area contributed by atoms with E-state index in [0.29, 0.717) is 74.5 Å². The standard InChI is InChI=1S/C23H24N2O7S/c26-22(24-16-2-4-18-20(12-16)30-9-1-8-29-18)23-14-15(23)6-7-25(23)33(27,28)17-3-5-19-21(13-17)32-11-10-31-19/h2-5,12-13,15H,1,6-11,14H2,(H,24,26)/t15-,23+/m1/s1. The third kappa shape index (κ3) is 3.31. The van der Waals surface area contributed by atoms with E-state index in [9.17, 15) is 13.2 Å². The van der Waals surface area contributed by atoms with Crippen molar-refractivity contribution >= 4 is 21.6 Å². The molecule has 33 heavy (non-hydrogen) atoms. The molecule has 1 saturated heterocycles. The Kier molecular flexibility index (Phi) is 4.70. The lowest BCUT2D eigenvalue weighted by atomic mass is 10.2. The van der Waals surface area contributed by atoms with E-state index >= 15 is 0 Å². The Bertz CT molecular complexity index is 1230. The summed E-state index contributed by atoms with van der Waals surface area (Å²) in [5.41, 5.74) is -0.524. The van der Waals surface area contributed by atoms with Crippen molar-refractivity contribution in [3.8, 4) is 23.0 Å². The number of carbonyl (C=O) groups excluding carboxylic acids is 1. The molecule has 6 rings (SSSR count). The number of ether oxygens (including phenoxy) is 4. The van der Waals surface area contributed by atoms with Gasteiger partial charge in [0.1, 0.15) is 18.8 Å². The zero-order chi connectivity index (χ0) is 22.6. The molecule has 0 radical (unpaired) electrons. The van der Waals surface area contributed by atoms with Gasteiger partial charge in [0.25, 0.3) is 0 Å². The van der Waals surface area contributed by atoms with E-state index in [2.05, 4.69) is 5.32 Å². The number of sulfonamides is 1. The molecule has 2 aromatic carbocycles. The second-order valence-corrected chi connectivity index (χ2v) is 10.5. The van der Waals surface area contributed by atoms with Crippen molar-refractivity contribution in [3.63, 3.8) is 0 Å². The third-order valence-corrected chi connectivity index (χ3v) is 8.64. The van der Waals surface area contributed by atoms with Crippen LogP contribution in [-0.2, 0) is 14.8 Å². The van der Waals surface area contributed by atoms with Gasteiger partial charge in [-0.25, -0.2) is 8.42 Å². The van der Waals surface area contributed by atoms with E-state index in [1.807, 2.05) is 0 Å². The SMILES string of the molecule is O=C(Nc1ccc2c(c1)OCCCO2)[C@]12C[C@H]1CCN2S(=O)(=O)c1ccc2c(c1)OCCO2. The van der Waals surface area contributed by atoms with Gasteiger partial charge < -0.3 is 24.3 Å². The number of fused-ring (bicyclic) bond motifs is 3. The van der Waals surface area contributed by atoms with Crippen molar-refractivity contribution in [2.45, 2.75) is 29.7 Å². The van der Waals surface area contributed by atoms with Gasteiger partial charge in [-0.15, -0.1) is 0 Å². The second kappa shape index (κ2) is 7.53. The number of nitrogens with one attached hydrogen (secondary N) is 1. The van der Waals surface area contributed by atoms with E-state index in [1.165, 1.54) is 16.4 Å².